The summed E-state index contributed by atoms with van der Waals surface area (Å²) in [6.07, 6.45) is 4.39. The minimum Gasteiger partial charge on any atom is -0.370 e. The lowest BCUT2D eigenvalue weighted by Gasteiger charge is -2.09. The third-order valence-electron chi connectivity index (χ3n) is 2.46. The Bertz CT molecular complexity index is 514. The molecule has 19 heavy (non-hydrogen) atoms. The fraction of sp³-hybridized carbons (Fsp3) is 0.308. The SMILES string of the molecule is Cc1nc(NCCCN)cc(Nc2cccnc2)n1. The van der Waals surface area contributed by atoms with Gasteiger partial charge < -0.3 is 16.4 Å². The van der Waals surface area contributed by atoms with Crippen molar-refractivity contribution >= 4 is 17.3 Å². The summed E-state index contributed by atoms with van der Waals surface area (Å²) in [4.78, 5) is 12.7. The molecule has 0 aliphatic rings. The van der Waals surface area contributed by atoms with E-state index < -0.39 is 0 Å². The molecule has 2 heterocycles. The summed E-state index contributed by atoms with van der Waals surface area (Å²) in [5.41, 5.74) is 6.36. The molecule has 0 amide bonds. The maximum atomic E-state index is 5.46. The summed E-state index contributed by atoms with van der Waals surface area (Å²) in [5, 5.41) is 6.42. The van der Waals surface area contributed by atoms with E-state index in [0.717, 1.165) is 30.3 Å². The molecule has 0 radical (unpaired) electrons. The number of aryl methyl sites for hydroxylation is 1. The predicted octanol–water partition coefficient (Wildman–Crippen LogP) is 1.68. The van der Waals surface area contributed by atoms with Crippen molar-refractivity contribution in [2.45, 2.75) is 13.3 Å². The highest BCUT2D eigenvalue weighted by molar-refractivity contribution is 5.58. The van der Waals surface area contributed by atoms with E-state index in [9.17, 15) is 0 Å². The number of aromatic nitrogens is 3. The van der Waals surface area contributed by atoms with Crippen LogP contribution < -0.4 is 16.4 Å². The van der Waals surface area contributed by atoms with Crippen LogP contribution in [0.1, 0.15) is 12.2 Å². The Balaban J connectivity index is 2.08. The minimum atomic E-state index is 0.665. The number of hydrogen-bond acceptors (Lipinski definition) is 6. The van der Waals surface area contributed by atoms with Crippen molar-refractivity contribution in [3.63, 3.8) is 0 Å². The van der Waals surface area contributed by atoms with Gasteiger partial charge in [0, 0.05) is 18.8 Å². The Hall–Kier alpha value is -2.21. The van der Waals surface area contributed by atoms with E-state index in [-0.39, 0.29) is 0 Å². The second kappa shape index (κ2) is 6.65. The highest BCUT2D eigenvalue weighted by Crippen LogP contribution is 2.16. The topological polar surface area (TPSA) is 88.8 Å². The predicted molar refractivity (Wildman–Crippen MR) is 76.4 cm³/mol. The largest absolute Gasteiger partial charge is 0.370 e. The van der Waals surface area contributed by atoms with Crippen molar-refractivity contribution in [3.05, 3.63) is 36.4 Å². The average Bonchev–Trinajstić information content (AvgIpc) is 2.39. The zero-order chi connectivity index (χ0) is 13.5. The molecule has 2 aromatic rings. The fourth-order valence-electron chi connectivity index (χ4n) is 1.63. The van der Waals surface area contributed by atoms with Gasteiger partial charge in [-0.2, -0.15) is 0 Å². The van der Waals surface area contributed by atoms with Crippen LogP contribution in [0.3, 0.4) is 0 Å². The van der Waals surface area contributed by atoms with Crippen LogP contribution in [0, 0.1) is 6.92 Å². The third-order valence-corrected chi connectivity index (χ3v) is 2.46. The van der Waals surface area contributed by atoms with Crippen LogP contribution in [-0.2, 0) is 0 Å². The van der Waals surface area contributed by atoms with Gasteiger partial charge in [0.15, 0.2) is 0 Å². The molecular weight excluding hydrogens is 240 g/mol. The van der Waals surface area contributed by atoms with Crippen molar-refractivity contribution in [2.24, 2.45) is 5.73 Å². The lowest BCUT2D eigenvalue weighted by Crippen LogP contribution is -2.10. The first-order chi connectivity index (χ1) is 9.28. The van der Waals surface area contributed by atoms with Crippen molar-refractivity contribution in [3.8, 4) is 0 Å². The van der Waals surface area contributed by atoms with Gasteiger partial charge in [0.05, 0.1) is 11.9 Å². The van der Waals surface area contributed by atoms with Gasteiger partial charge in [-0.15, -0.1) is 0 Å². The molecule has 2 rings (SSSR count). The van der Waals surface area contributed by atoms with Gasteiger partial charge in [-0.25, -0.2) is 9.97 Å². The van der Waals surface area contributed by atoms with Gasteiger partial charge in [0.25, 0.3) is 0 Å². The van der Waals surface area contributed by atoms with Gasteiger partial charge in [0.2, 0.25) is 0 Å². The lowest BCUT2D eigenvalue weighted by molar-refractivity contribution is 0.867. The first-order valence-electron chi connectivity index (χ1n) is 6.24. The molecule has 0 fully saturated rings. The highest BCUT2D eigenvalue weighted by atomic mass is 15.1. The molecule has 6 heteroatoms. The summed E-state index contributed by atoms with van der Waals surface area (Å²) < 4.78 is 0. The Morgan fingerprint density at radius 2 is 2.11 bits per heavy atom. The molecule has 0 saturated carbocycles. The normalized spacial score (nSPS) is 10.2. The number of pyridine rings is 1. The molecule has 0 spiro atoms. The zero-order valence-corrected chi connectivity index (χ0v) is 10.9. The number of nitrogens with one attached hydrogen (secondary N) is 2. The molecule has 0 aromatic carbocycles. The van der Waals surface area contributed by atoms with Gasteiger partial charge in [0.1, 0.15) is 17.5 Å². The second-order valence-electron chi connectivity index (χ2n) is 4.12. The number of anilines is 3. The Labute approximate surface area is 112 Å². The third kappa shape index (κ3) is 4.18. The van der Waals surface area contributed by atoms with Crippen molar-refractivity contribution < 1.29 is 0 Å². The summed E-state index contributed by atoms with van der Waals surface area (Å²) in [6, 6.07) is 5.68. The Morgan fingerprint density at radius 1 is 1.26 bits per heavy atom. The van der Waals surface area contributed by atoms with Crippen LogP contribution in [0.5, 0.6) is 0 Å². The quantitative estimate of drug-likeness (QED) is 0.683. The molecule has 0 saturated heterocycles. The second-order valence-corrected chi connectivity index (χ2v) is 4.12. The molecule has 0 bridgehead atoms. The van der Waals surface area contributed by atoms with E-state index in [0.29, 0.717) is 12.4 Å². The molecular formula is C13H18N6. The monoisotopic (exact) mass is 258 g/mol. The van der Waals surface area contributed by atoms with Gasteiger partial charge in [-0.3, -0.25) is 4.98 Å². The fourth-order valence-corrected chi connectivity index (χ4v) is 1.63. The van der Waals surface area contributed by atoms with E-state index in [1.807, 2.05) is 25.1 Å². The van der Waals surface area contributed by atoms with Crippen LogP contribution in [0.25, 0.3) is 0 Å². The van der Waals surface area contributed by atoms with Crippen LogP contribution in [0.15, 0.2) is 30.6 Å². The minimum absolute atomic E-state index is 0.665. The van der Waals surface area contributed by atoms with Crippen molar-refractivity contribution in [2.75, 3.05) is 23.7 Å². The summed E-state index contributed by atoms with van der Waals surface area (Å²) >= 11 is 0. The molecule has 0 atom stereocenters. The van der Waals surface area contributed by atoms with Crippen LogP contribution in [0.4, 0.5) is 17.3 Å². The Morgan fingerprint density at radius 3 is 2.84 bits per heavy atom. The van der Waals surface area contributed by atoms with Crippen molar-refractivity contribution in [1.82, 2.24) is 15.0 Å². The van der Waals surface area contributed by atoms with Gasteiger partial charge in [-0.1, -0.05) is 0 Å². The molecule has 4 N–H and O–H groups in total. The Kier molecular flexibility index (Phi) is 4.63. The summed E-state index contributed by atoms with van der Waals surface area (Å²) in [5.74, 6) is 2.26. The summed E-state index contributed by atoms with van der Waals surface area (Å²) in [7, 11) is 0. The maximum Gasteiger partial charge on any atom is 0.136 e. The van der Waals surface area contributed by atoms with E-state index >= 15 is 0 Å². The van der Waals surface area contributed by atoms with E-state index in [1.165, 1.54) is 0 Å². The lowest BCUT2D eigenvalue weighted by atomic mass is 10.4. The maximum absolute atomic E-state index is 5.46. The first-order valence-corrected chi connectivity index (χ1v) is 6.24. The smallest absolute Gasteiger partial charge is 0.136 e. The van der Waals surface area contributed by atoms with E-state index in [1.54, 1.807) is 12.4 Å². The summed E-state index contributed by atoms with van der Waals surface area (Å²) in [6.45, 7) is 3.33. The number of hydrogen-bond donors (Lipinski definition) is 3. The molecule has 0 aliphatic carbocycles. The average molecular weight is 258 g/mol. The molecule has 0 unspecified atom stereocenters. The molecule has 6 nitrogen and oxygen atoms in total. The van der Waals surface area contributed by atoms with Crippen LogP contribution >= 0.6 is 0 Å². The highest BCUT2D eigenvalue weighted by Gasteiger charge is 2.02. The number of nitrogens with two attached hydrogens (primary N) is 1. The van der Waals surface area contributed by atoms with Crippen molar-refractivity contribution in [1.29, 1.82) is 0 Å². The molecule has 100 valence electrons. The van der Waals surface area contributed by atoms with E-state index in [2.05, 4.69) is 25.6 Å². The number of nitrogens with zero attached hydrogens (tertiary/aromatic N) is 3. The zero-order valence-electron chi connectivity index (χ0n) is 10.9. The number of rotatable bonds is 6. The standard InChI is InChI=1S/C13H18N6/c1-10-17-12(16-7-3-5-14)8-13(18-10)19-11-4-2-6-15-9-11/h2,4,6,8-9H,3,5,7,14H2,1H3,(H2,16,17,18,19). The van der Waals surface area contributed by atoms with E-state index in [4.69, 9.17) is 5.73 Å². The molecule has 2 aromatic heterocycles. The van der Waals surface area contributed by atoms with Crippen LogP contribution in [-0.4, -0.2) is 28.0 Å². The molecule has 0 aliphatic heterocycles. The first kappa shape index (κ1) is 13.2. The van der Waals surface area contributed by atoms with Gasteiger partial charge in [-0.05, 0) is 32.0 Å². The van der Waals surface area contributed by atoms with Gasteiger partial charge >= 0.3 is 0 Å². The van der Waals surface area contributed by atoms with Crippen LogP contribution in [0.2, 0.25) is 0 Å².